The third kappa shape index (κ3) is 5.37. The zero-order valence-corrected chi connectivity index (χ0v) is 22.1. The second-order valence-electron chi connectivity index (χ2n) is 9.27. The Morgan fingerprint density at radius 2 is 1.05 bits per heavy atom. The molecule has 0 saturated carbocycles. The minimum absolute atomic E-state index is 0.132. The molecule has 4 atom stereocenters. The van der Waals surface area contributed by atoms with E-state index in [1.54, 1.807) is 50.2 Å². The van der Waals surface area contributed by atoms with E-state index in [2.05, 4.69) is 13.2 Å². The molecule has 9 heteroatoms. The van der Waals surface area contributed by atoms with Gasteiger partial charge in [-0.3, -0.25) is 0 Å². The Kier molecular flexibility index (Phi) is 8.06. The van der Waals surface area contributed by atoms with Crippen molar-refractivity contribution in [2.45, 2.75) is 38.3 Å². The number of benzene rings is 2. The van der Waals surface area contributed by atoms with Crippen LogP contribution >= 0.6 is 0 Å². The minimum Gasteiger partial charge on any atom is -0.496 e. The van der Waals surface area contributed by atoms with Crippen molar-refractivity contribution in [1.29, 1.82) is 0 Å². The van der Waals surface area contributed by atoms with Gasteiger partial charge < -0.3 is 33.3 Å². The highest BCUT2D eigenvalue weighted by molar-refractivity contribution is 5.84. The second kappa shape index (κ2) is 11.3. The molecule has 0 aliphatic rings. The van der Waals surface area contributed by atoms with E-state index >= 15 is 0 Å². The summed E-state index contributed by atoms with van der Waals surface area (Å²) >= 11 is 0. The van der Waals surface area contributed by atoms with E-state index in [9.17, 15) is 19.8 Å². The van der Waals surface area contributed by atoms with Gasteiger partial charge in [0.05, 0.1) is 25.3 Å². The lowest BCUT2D eigenvalue weighted by Gasteiger charge is -2.33. The van der Waals surface area contributed by atoms with Crippen LogP contribution in [-0.2, 0) is 4.74 Å². The lowest BCUT2D eigenvalue weighted by atomic mass is 9.93. The van der Waals surface area contributed by atoms with Crippen molar-refractivity contribution in [1.82, 2.24) is 0 Å². The SMILES string of the molecule is C=C(C)[C@@H](O)[C@H](O[C@@H](c1c(OC)ccc2ccc(=O)oc12)[C@H](O)C(=C)C)c1c(OC)ccc2ccc(=O)oc12. The molecule has 0 aliphatic carbocycles. The summed E-state index contributed by atoms with van der Waals surface area (Å²) in [6.45, 7) is 11.0. The maximum absolute atomic E-state index is 12.2. The fraction of sp³-hybridized carbons (Fsp3) is 0.267. The lowest BCUT2D eigenvalue weighted by molar-refractivity contribution is -0.105. The Hall–Kier alpha value is -4.18. The molecule has 0 spiro atoms. The topological polar surface area (TPSA) is 129 Å². The maximum Gasteiger partial charge on any atom is 0.336 e. The van der Waals surface area contributed by atoms with Crippen molar-refractivity contribution in [3.63, 3.8) is 0 Å². The number of methoxy groups -OCH3 is 2. The van der Waals surface area contributed by atoms with Gasteiger partial charge in [0, 0.05) is 22.9 Å². The Morgan fingerprint density at radius 1 is 0.692 bits per heavy atom. The first-order chi connectivity index (χ1) is 18.6. The first-order valence-corrected chi connectivity index (χ1v) is 12.1. The van der Waals surface area contributed by atoms with E-state index in [1.165, 1.54) is 26.4 Å². The smallest absolute Gasteiger partial charge is 0.336 e. The standard InChI is InChI=1S/C30H30O9/c1-15(2)25(33)29(23-19(35-5)11-7-17-9-13-21(31)37-27(17)23)39-30(26(34)16(3)4)24-20(36-6)12-8-18-10-14-22(32)38-28(18)24/h7-14,25-26,29-30,33-34H,1,3H2,2,4-6H3/t25-,26-,29-,30+/m1/s1. The van der Waals surface area contributed by atoms with E-state index in [1.807, 2.05) is 0 Å². The van der Waals surface area contributed by atoms with Crippen molar-refractivity contribution < 1.29 is 33.3 Å². The molecule has 0 saturated heterocycles. The first-order valence-electron chi connectivity index (χ1n) is 12.1. The van der Waals surface area contributed by atoms with Crippen molar-refractivity contribution in [3.8, 4) is 11.5 Å². The molecule has 204 valence electrons. The average molecular weight is 535 g/mol. The number of hydrogen-bond donors (Lipinski definition) is 2. The van der Waals surface area contributed by atoms with Gasteiger partial charge in [-0.1, -0.05) is 13.2 Å². The van der Waals surface area contributed by atoms with Crippen LogP contribution in [0.2, 0.25) is 0 Å². The molecule has 0 bridgehead atoms. The van der Waals surface area contributed by atoms with Gasteiger partial charge in [-0.15, -0.1) is 0 Å². The molecule has 0 unspecified atom stereocenters. The summed E-state index contributed by atoms with van der Waals surface area (Å²) in [7, 11) is 2.86. The van der Waals surface area contributed by atoms with E-state index < -0.39 is 35.7 Å². The molecule has 0 fully saturated rings. The third-order valence-corrected chi connectivity index (χ3v) is 6.46. The normalized spacial score (nSPS) is 14.5. The summed E-state index contributed by atoms with van der Waals surface area (Å²) < 4.78 is 28.8. The Labute approximate surface area is 224 Å². The van der Waals surface area contributed by atoms with Crippen LogP contribution in [0.15, 0.2) is 91.3 Å². The average Bonchev–Trinajstić information content (AvgIpc) is 2.92. The highest BCUT2D eigenvalue weighted by atomic mass is 16.5. The van der Waals surface area contributed by atoms with E-state index in [0.29, 0.717) is 21.9 Å². The van der Waals surface area contributed by atoms with E-state index in [4.69, 9.17) is 23.0 Å². The number of rotatable bonds is 10. The molecular formula is C30H30O9. The second-order valence-corrected chi connectivity index (χ2v) is 9.27. The highest BCUT2D eigenvalue weighted by Crippen LogP contribution is 2.44. The quantitative estimate of drug-likeness (QED) is 0.222. The Balaban J connectivity index is 2.04. The van der Waals surface area contributed by atoms with Crippen molar-refractivity contribution in [2.24, 2.45) is 0 Å². The molecule has 2 N–H and O–H groups in total. The number of aliphatic hydroxyl groups is 2. The third-order valence-electron chi connectivity index (χ3n) is 6.46. The Morgan fingerprint density at radius 3 is 1.38 bits per heavy atom. The van der Waals surface area contributed by atoms with Crippen molar-refractivity contribution in [2.75, 3.05) is 14.2 Å². The fourth-order valence-electron chi connectivity index (χ4n) is 4.44. The largest absolute Gasteiger partial charge is 0.496 e. The summed E-state index contributed by atoms with van der Waals surface area (Å²) in [5, 5.41) is 23.9. The van der Waals surface area contributed by atoms with Gasteiger partial charge >= 0.3 is 11.3 Å². The number of ether oxygens (including phenoxy) is 3. The van der Waals surface area contributed by atoms with Crippen LogP contribution in [0, 0.1) is 0 Å². The van der Waals surface area contributed by atoms with Gasteiger partial charge in [-0.05, 0) is 61.4 Å². The molecule has 2 heterocycles. The van der Waals surface area contributed by atoms with Crippen LogP contribution in [0.25, 0.3) is 21.9 Å². The van der Waals surface area contributed by atoms with E-state index in [0.717, 1.165) is 0 Å². The van der Waals surface area contributed by atoms with Crippen LogP contribution < -0.4 is 20.7 Å². The van der Waals surface area contributed by atoms with Crippen LogP contribution in [-0.4, -0.2) is 36.6 Å². The zero-order valence-electron chi connectivity index (χ0n) is 22.1. The summed E-state index contributed by atoms with van der Waals surface area (Å²) in [5.74, 6) is 0.532. The van der Waals surface area contributed by atoms with Gasteiger partial charge in [0.2, 0.25) is 0 Å². The van der Waals surface area contributed by atoms with Gasteiger partial charge in [0.25, 0.3) is 0 Å². The summed E-state index contributed by atoms with van der Waals surface area (Å²) in [5.41, 5.74) is 0.146. The molecule has 4 aromatic rings. The molecule has 0 amide bonds. The van der Waals surface area contributed by atoms with Crippen molar-refractivity contribution in [3.05, 3.63) is 105 Å². The monoisotopic (exact) mass is 534 g/mol. The van der Waals surface area contributed by atoms with E-state index in [-0.39, 0.29) is 33.8 Å². The lowest BCUT2D eigenvalue weighted by Crippen LogP contribution is -2.30. The minimum atomic E-state index is -1.34. The van der Waals surface area contributed by atoms with Gasteiger partial charge in [0.1, 0.15) is 47.1 Å². The number of aliphatic hydroxyl groups excluding tert-OH is 2. The predicted octanol–water partition coefficient (Wildman–Crippen LogP) is 4.59. The molecule has 39 heavy (non-hydrogen) atoms. The molecule has 0 radical (unpaired) electrons. The molecule has 0 aliphatic heterocycles. The number of fused-ring (bicyclic) bond motifs is 2. The maximum atomic E-state index is 12.2. The zero-order chi connectivity index (χ0) is 28.4. The van der Waals surface area contributed by atoms with Gasteiger partial charge in [0.15, 0.2) is 0 Å². The van der Waals surface area contributed by atoms with Crippen molar-refractivity contribution >= 4 is 21.9 Å². The predicted molar refractivity (Wildman–Crippen MR) is 146 cm³/mol. The summed E-state index contributed by atoms with van der Waals surface area (Å²) in [6, 6.07) is 12.4. The summed E-state index contributed by atoms with van der Waals surface area (Å²) in [6.07, 6.45) is -5.24. The molecule has 2 aromatic heterocycles. The number of hydrogen-bond acceptors (Lipinski definition) is 9. The van der Waals surface area contributed by atoms with Gasteiger partial charge in [-0.25, -0.2) is 9.59 Å². The Bertz CT molecular complexity index is 1540. The van der Waals surface area contributed by atoms with Gasteiger partial charge in [-0.2, -0.15) is 0 Å². The molecule has 4 rings (SSSR count). The fourth-order valence-corrected chi connectivity index (χ4v) is 4.44. The summed E-state index contributed by atoms with van der Waals surface area (Å²) in [4.78, 5) is 24.5. The van der Waals surface area contributed by atoms with Crippen LogP contribution in [0.5, 0.6) is 11.5 Å². The van der Waals surface area contributed by atoms with Crippen LogP contribution in [0.4, 0.5) is 0 Å². The van der Waals surface area contributed by atoms with Crippen LogP contribution in [0.1, 0.15) is 37.2 Å². The highest BCUT2D eigenvalue weighted by Gasteiger charge is 2.37. The van der Waals surface area contributed by atoms with Crippen LogP contribution in [0.3, 0.4) is 0 Å². The molecule has 9 nitrogen and oxygen atoms in total. The first kappa shape index (κ1) is 27.8. The molecule has 2 aromatic carbocycles. The molecular weight excluding hydrogens is 504 g/mol.